The molecule has 0 spiro atoms. The minimum Gasteiger partial charge on any atom is -0.487 e. The maximum absolute atomic E-state index is 12.1. The molecule has 1 amide bonds. The molecule has 132 valence electrons. The van der Waals surface area contributed by atoms with Crippen molar-refractivity contribution in [3.8, 4) is 17.0 Å². The molecule has 26 heavy (non-hydrogen) atoms. The molecule has 1 unspecified atom stereocenters. The van der Waals surface area contributed by atoms with E-state index in [1.807, 2.05) is 26.0 Å². The highest BCUT2D eigenvalue weighted by atomic mass is 16.5. The Morgan fingerprint density at radius 1 is 1.31 bits per heavy atom. The Hall–Kier alpha value is -3.15. The van der Waals surface area contributed by atoms with E-state index >= 15 is 0 Å². The average molecular weight is 349 g/mol. The summed E-state index contributed by atoms with van der Waals surface area (Å²) in [6, 6.07) is 7.70. The van der Waals surface area contributed by atoms with E-state index < -0.39 is 0 Å². The van der Waals surface area contributed by atoms with Crippen LogP contribution in [0.4, 0.5) is 0 Å². The van der Waals surface area contributed by atoms with E-state index in [9.17, 15) is 4.79 Å². The molecule has 1 atom stereocenters. The number of carbonyl (C=O) groups excluding carboxylic acids is 1. The minimum absolute atomic E-state index is 0.111. The number of hydrogen-bond acceptors (Lipinski definition) is 5. The number of benzene rings is 1. The second kappa shape index (κ2) is 6.63. The normalized spacial score (nSPS) is 15.4. The average Bonchev–Trinajstić information content (AvgIpc) is 3.30. The number of furan rings is 1. The van der Waals surface area contributed by atoms with Crippen LogP contribution in [0.25, 0.3) is 11.3 Å². The number of nitrogens with one attached hydrogen (secondary N) is 1. The zero-order valence-corrected chi connectivity index (χ0v) is 14.7. The summed E-state index contributed by atoms with van der Waals surface area (Å²) in [5.41, 5.74) is 5.14. The van der Waals surface area contributed by atoms with Crippen LogP contribution in [0.1, 0.15) is 27.3 Å². The van der Waals surface area contributed by atoms with Gasteiger partial charge in [-0.2, -0.15) is 0 Å². The van der Waals surface area contributed by atoms with Crippen LogP contribution < -0.4 is 10.1 Å². The monoisotopic (exact) mass is 349 g/mol. The standard InChI is InChI=1S/C20H19N3O3/c1-12-9-21-13(2)18(23-12)17-5-3-4-14-8-16(26-19(14)17)10-22-20(24)15-6-7-25-11-15/h3-7,9,11,16H,8,10H2,1-2H3,(H,22,24). The fraction of sp³-hybridized carbons (Fsp3) is 0.250. The highest BCUT2D eigenvalue weighted by Crippen LogP contribution is 2.38. The highest BCUT2D eigenvalue weighted by Gasteiger charge is 2.27. The first-order valence-electron chi connectivity index (χ1n) is 8.51. The summed E-state index contributed by atoms with van der Waals surface area (Å²) in [5, 5.41) is 2.89. The molecule has 3 heterocycles. The number of para-hydroxylation sites is 1. The van der Waals surface area contributed by atoms with Gasteiger partial charge in [0.05, 0.1) is 35.5 Å². The molecule has 0 saturated carbocycles. The fourth-order valence-electron chi connectivity index (χ4n) is 3.13. The van der Waals surface area contributed by atoms with E-state index in [2.05, 4.69) is 21.4 Å². The van der Waals surface area contributed by atoms with Crippen LogP contribution in [0.2, 0.25) is 0 Å². The fourth-order valence-corrected chi connectivity index (χ4v) is 3.13. The predicted octanol–water partition coefficient (Wildman–Crippen LogP) is 3.09. The summed E-state index contributed by atoms with van der Waals surface area (Å²) < 4.78 is 11.1. The van der Waals surface area contributed by atoms with Gasteiger partial charge in [-0.05, 0) is 31.5 Å². The molecule has 1 N–H and O–H groups in total. The van der Waals surface area contributed by atoms with Gasteiger partial charge in [0.15, 0.2) is 0 Å². The molecule has 0 fully saturated rings. The number of aryl methyl sites for hydroxylation is 2. The number of hydrogen-bond donors (Lipinski definition) is 1. The first-order valence-corrected chi connectivity index (χ1v) is 8.51. The van der Waals surface area contributed by atoms with E-state index in [1.54, 1.807) is 12.3 Å². The van der Waals surface area contributed by atoms with Gasteiger partial charge >= 0.3 is 0 Å². The summed E-state index contributed by atoms with van der Waals surface area (Å²) in [5.74, 6) is 0.664. The van der Waals surface area contributed by atoms with Crippen molar-refractivity contribution < 1.29 is 13.9 Å². The Morgan fingerprint density at radius 3 is 3.00 bits per heavy atom. The third kappa shape index (κ3) is 3.06. The largest absolute Gasteiger partial charge is 0.487 e. The van der Waals surface area contributed by atoms with Crippen molar-refractivity contribution in [2.75, 3.05) is 6.54 Å². The molecular weight excluding hydrogens is 330 g/mol. The first kappa shape index (κ1) is 16.3. The van der Waals surface area contributed by atoms with Gasteiger partial charge in [0, 0.05) is 18.2 Å². The Kier molecular flexibility index (Phi) is 4.16. The van der Waals surface area contributed by atoms with Crippen LogP contribution in [0, 0.1) is 13.8 Å². The maximum atomic E-state index is 12.1. The van der Waals surface area contributed by atoms with Crippen LogP contribution in [0.3, 0.4) is 0 Å². The van der Waals surface area contributed by atoms with Crippen LogP contribution in [-0.4, -0.2) is 28.5 Å². The second-order valence-corrected chi connectivity index (χ2v) is 6.41. The number of aromatic nitrogens is 2. The Labute approximate surface area is 151 Å². The van der Waals surface area contributed by atoms with Crippen LogP contribution in [-0.2, 0) is 6.42 Å². The molecule has 3 aromatic rings. The molecule has 1 aliphatic heterocycles. The van der Waals surface area contributed by atoms with Crippen LogP contribution >= 0.6 is 0 Å². The van der Waals surface area contributed by atoms with E-state index in [0.29, 0.717) is 12.1 Å². The number of nitrogens with zero attached hydrogens (tertiary/aromatic N) is 2. The molecule has 1 aromatic carbocycles. The molecule has 1 aliphatic rings. The highest BCUT2D eigenvalue weighted by molar-refractivity contribution is 5.93. The van der Waals surface area contributed by atoms with Crippen molar-refractivity contribution in [3.63, 3.8) is 0 Å². The lowest BCUT2D eigenvalue weighted by Crippen LogP contribution is -2.34. The van der Waals surface area contributed by atoms with Gasteiger partial charge in [-0.3, -0.25) is 9.78 Å². The quantitative estimate of drug-likeness (QED) is 0.783. The molecule has 6 heteroatoms. The number of fused-ring (bicyclic) bond motifs is 1. The lowest BCUT2D eigenvalue weighted by atomic mass is 10.0. The second-order valence-electron chi connectivity index (χ2n) is 6.41. The van der Waals surface area contributed by atoms with Crippen molar-refractivity contribution in [3.05, 3.63) is 65.5 Å². The van der Waals surface area contributed by atoms with Gasteiger partial charge in [0.2, 0.25) is 0 Å². The van der Waals surface area contributed by atoms with Crippen molar-refractivity contribution >= 4 is 5.91 Å². The SMILES string of the molecule is Cc1cnc(C)c(-c2cccc3c2OC(CNC(=O)c2ccoc2)C3)n1. The molecular formula is C20H19N3O3. The summed E-state index contributed by atoms with van der Waals surface area (Å²) in [7, 11) is 0. The van der Waals surface area contributed by atoms with Crippen molar-refractivity contribution in [1.29, 1.82) is 0 Å². The van der Waals surface area contributed by atoms with Crippen molar-refractivity contribution in [2.24, 2.45) is 0 Å². The molecule has 0 saturated heterocycles. The molecule has 2 aromatic heterocycles. The van der Waals surface area contributed by atoms with E-state index in [-0.39, 0.29) is 12.0 Å². The van der Waals surface area contributed by atoms with Gasteiger partial charge in [-0.1, -0.05) is 12.1 Å². The van der Waals surface area contributed by atoms with Gasteiger partial charge in [-0.25, -0.2) is 4.98 Å². The lowest BCUT2D eigenvalue weighted by Gasteiger charge is -2.14. The Morgan fingerprint density at radius 2 is 2.19 bits per heavy atom. The van der Waals surface area contributed by atoms with Crippen LogP contribution in [0.5, 0.6) is 5.75 Å². The third-order valence-electron chi connectivity index (χ3n) is 4.43. The van der Waals surface area contributed by atoms with Gasteiger partial charge in [0.1, 0.15) is 18.1 Å². The zero-order chi connectivity index (χ0) is 18.1. The summed E-state index contributed by atoms with van der Waals surface area (Å²) in [6.07, 6.45) is 5.30. The minimum atomic E-state index is -0.168. The maximum Gasteiger partial charge on any atom is 0.254 e. The summed E-state index contributed by atoms with van der Waals surface area (Å²) >= 11 is 0. The van der Waals surface area contributed by atoms with Crippen LogP contribution in [0.15, 0.2) is 47.4 Å². The van der Waals surface area contributed by atoms with Crippen molar-refractivity contribution in [2.45, 2.75) is 26.4 Å². The lowest BCUT2D eigenvalue weighted by molar-refractivity contribution is 0.0933. The number of ether oxygens (including phenoxy) is 1. The molecule has 0 bridgehead atoms. The number of carbonyl (C=O) groups is 1. The third-order valence-corrected chi connectivity index (χ3v) is 4.43. The Bertz CT molecular complexity index is 951. The zero-order valence-electron chi connectivity index (χ0n) is 14.7. The number of rotatable bonds is 4. The van der Waals surface area contributed by atoms with Crippen molar-refractivity contribution in [1.82, 2.24) is 15.3 Å². The van der Waals surface area contributed by atoms with E-state index in [1.165, 1.54) is 12.5 Å². The first-order chi connectivity index (χ1) is 12.6. The van der Waals surface area contributed by atoms with Gasteiger partial charge in [0.25, 0.3) is 5.91 Å². The van der Waals surface area contributed by atoms with E-state index in [0.717, 1.165) is 40.4 Å². The van der Waals surface area contributed by atoms with Gasteiger partial charge in [-0.15, -0.1) is 0 Å². The Balaban J connectivity index is 1.52. The topological polar surface area (TPSA) is 77.2 Å². The summed E-state index contributed by atoms with van der Waals surface area (Å²) in [6.45, 7) is 4.30. The molecule has 0 aliphatic carbocycles. The molecule has 0 radical (unpaired) electrons. The van der Waals surface area contributed by atoms with E-state index in [4.69, 9.17) is 9.15 Å². The number of amides is 1. The smallest absolute Gasteiger partial charge is 0.254 e. The molecule has 4 rings (SSSR count). The van der Waals surface area contributed by atoms with Gasteiger partial charge < -0.3 is 14.5 Å². The molecule has 6 nitrogen and oxygen atoms in total. The summed E-state index contributed by atoms with van der Waals surface area (Å²) in [4.78, 5) is 21.1. The predicted molar refractivity (Wildman–Crippen MR) is 96.1 cm³/mol.